The predicted molar refractivity (Wildman–Crippen MR) is 97.2 cm³/mol. The highest BCUT2D eigenvalue weighted by Gasteiger charge is 2.16. The lowest BCUT2D eigenvalue weighted by Gasteiger charge is -2.06. The van der Waals surface area contributed by atoms with Crippen molar-refractivity contribution < 1.29 is 14.3 Å². The van der Waals surface area contributed by atoms with Gasteiger partial charge < -0.3 is 4.74 Å². The molecule has 3 heteroatoms. The minimum atomic E-state index is -0.0924. The molecule has 0 bridgehead atoms. The van der Waals surface area contributed by atoms with Crippen molar-refractivity contribution in [1.29, 1.82) is 0 Å². The van der Waals surface area contributed by atoms with Crippen LogP contribution in [0.5, 0.6) is 11.5 Å². The van der Waals surface area contributed by atoms with Crippen molar-refractivity contribution in [3.8, 4) is 11.5 Å². The fourth-order valence-corrected chi connectivity index (χ4v) is 2.36. The molecule has 0 saturated heterocycles. The summed E-state index contributed by atoms with van der Waals surface area (Å²) in [6.45, 7) is 0. The molecular formula is C22H16O3. The number of hydrogen-bond donors (Lipinski definition) is 0. The predicted octanol–water partition coefficient (Wildman–Crippen LogP) is 5.10. The second-order valence-electron chi connectivity index (χ2n) is 5.34. The van der Waals surface area contributed by atoms with Gasteiger partial charge in [0, 0.05) is 11.1 Å². The van der Waals surface area contributed by atoms with Gasteiger partial charge in [0.25, 0.3) is 0 Å². The number of fused-ring (bicyclic) bond motifs is 1. The van der Waals surface area contributed by atoms with E-state index in [1.54, 1.807) is 24.3 Å². The minimum Gasteiger partial charge on any atom is -0.457 e. The summed E-state index contributed by atoms with van der Waals surface area (Å²) in [7, 11) is 0. The lowest BCUT2D eigenvalue weighted by Crippen LogP contribution is -2.10. The van der Waals surface area contributed by atoms with Crippen LogP contribution in [0.25, 0.3) is 0 Å². The van der Waals surface area contributed by atoms with Crippen molar-refractivity contribution >= 4 is 11.6 Å². The maximum absolute atomic E-state index is 11.2. The zero-order chi connectivity index (χ0) is 17.5. The van der Waals surface area contributed by atoms with Gasteiger partial charge in [0.05, 0.1) is 0 Å². The molecule has 0 unspecified atom stereocenters. The summed E-state index contributed by atoms with van der Waals surface area (Å²) in [5.74, 6) is 1.55. The van der Waals surface area contributed by atoms with Crippen molar-refractivity contribution in [3.05, 3.63) is 108 Å². The molecule has 0 aromatic heterocycles. The molecule has 0 heterocycles. The van der Waals surface area contributed by atoms with E-state index in [4.69, 9.17) is 4.74 Å². The number of para-hydroxylation sites is 2. The van der Waals surface area contributed by atoms with Crippen molar-refractivity contribution in [2.75, 3.05) is 0 Å². The molecule has 0 spiro atoms. The van der Waals surface area contributed by atoms with Gasteiger partial charge in [-0.2, -0.15) is 0 Å². The summed E-state index contributed by atoms with van der Waals surface area (Å²) in [4.78, 5) is 22.4. The second-order valence-corrected chi connectivity index (χ2v) is 5.34. The first-order chi connectivity index (χ1) is 12.2. The van der Waals surface area contributed by atoms with Crippen LogP contribution in [0.4, 0.5) is 0 Å². The van der Waals surface area contributed by atoms with Gasteiger partial charge in [-0.05, 0) is 36.4 Å². The molecule has 0 amide bonds. The molecule has 4 rings (SSSR count). The Morgan fingerprint density at radius 1 is 0.480 bits per heavy atom. The highest BCUT2D eigenvalue weighted by atomic mass is 16.5. The third-order valence-corrected chi connectivity index (χ3v) is 3.57. The summed E-state index contributed by atoms with van der Waals surface area (Å²) < 4.78 is 5.58. The van der Waals surface area contributed by atoms with Crippen LogP contribution >= 0.6 is 0 Å². The Bertz CT molecular complexity index is 822. The maximum atomic E-state index is 11.2. The first kappa shape index (κ1) is 16.4. The molecular weight excluding hydrogens is 312 g/mol. The molecule has 0 aliphatic heterocycles. The quantitative estimate of drug-likeness (QED) is 0.657. The number of ether oxygens (including phenoxy) is 1. The van der Waals surface area contributed by atoms with Gasteiger partial charge in [0.15, 0.2) is 11.6 Å². The molecule has 3 nitrogen and oxygen atoms in total. The summed E-state index contributed by atoms with van der Waals surface area (Å²) in [5.41, 5.74) is 1.01. The first-order valence-corrected chi connectivity index (χ1v) is 7.88. The molecule has 1 aliphatic carbocycles. The number of hydrogen-bond acceptors (Lipinski definition) is 3. The van der Waals surface area contributed by atoms with Crippen LogP contribution in [0, 0.1) is 0 Å². The van der Waals surface area contributed by atoms with Crippen LogP contribution in [-0.4, -0.2) is 11.6 Å². The van der Waals surface area contributed by atoms with Crippen LogP contribution in [0.1, 0.15) is 20.7 Å². The zero-order valence-electron chi connectivity index (χ0n) is 13.5. The van der Waals surface area contributed by atoms with Crippen molar-refractivity contribution in [1.82, 2.24) is 0 Å². The van der Waals surface area contributed by atoms with E-state index in [-0.39, 0.29) is 11.6 Å². The zero-order valence-corrected chi connectivity index (χ0v) is 13.5. The maximum Gasteiger partial charge on any atom is 0.186 e. The van der Waals surface area contributed by atoms with E-state index < -0.39 is 0 Å². The third-order valence-electron chi connectivity index (χ3n) is 3.57. The van der Waals surface area contributed by atoms with E-state index in [2.05, 4.69) is 0 Å². The van der Waals surface area contributed by atoms with Crippen LogP contribution in [-0.2, 0) is 0 Å². The molecule has 3 aromatic rings. The second kappa shape index (κ2) is 7.88. The Kier molecular flexibility index (Phi) is 5.17. The summed E-state index contributed by atoms with van der Waals surface area (Å²) in [6, 6.07) is 26.4. The third kappa shape index (κ3) is 4.30. The fraction of sp³-hybridized carbons (Fsp3) is 0. The van der Waals surface area contributed by atoms with Gasteiger partial charge in [0.1, 0.15) is 11.5 Å². The van der Waals surface area contributed by atoms with Crippen LogP contribution in [0.3, 0.4) is 0 Å². The lowest BCUT2D eigenvalue weighted by atomic mass is 9.95. The average molecular weight is 328 g/mol. The van der Waals surface area contributed by atoms with Gasteiger partial charge in [-0.25, -0.2) is 0 Å². The van der Waals surface area contributed by atoms with Gasteiger partial charge >= 0.3 is 0 Å². The highest BCUT2D eigenvalue weighted by Crippen LogP contribution is 2.19. The van der Waals surface area contributed by atoms with Crippen molar-refractivity contribution in [2.24, 2.45) is 0 Å². The molecule has 122 valence electrons. The number of carbonyl (C=O) groups excluding carboxylic acids is 2. The monoisotopic (exact) mass is 328 g/mol. The van der Waals surface area contributed by atoms with Crippen molar-refractivity contribution in [2.45, 2.75) is 0 Å². The number of carbonyl (C=O) groups is 2. The largest absolute Gasteiger partial charge is 0.457 e. The fourth-order valence-electron chi connectivity index (χ4n) is 2.36. The Balaban J connectivity index is 0.000000146. The molecule has 25 heavy (non-hydrogen) atoms. The molecule has 0 fully saturated rings. The number of ketones is 2. The summed E-state index contributed by atoms with van der Waals surface area (Å²) in [5, 5.41) is 0. The van der Waals surface area contributed by atoms with Gasteiger partial charge in [0.2, 0.25) is 0 Å². The molecule has 0 atom stereocenters. The summed E-state index contributed by atoms with van der Waals surface area (Å²) >= 11 is 0. The van der Waals surface area contributed by atoms with Crippen LogP contribution < -0.4 is 4.74 Å². The van der Waals surface area contributed by atoms with Crippen LogP contribution in [0.15, 0.2) is 97.1 Å². The molecule has 0 N–H and O–H groups in total. The summed E-state index contributed by atoms with van der Waals surface area (Å²) in [6.07, 6.45) is 2.62. The average Bonchev–Trinajstić information content (AvgIpc) is 2.67. The van der Waals surface area contributed by atoms with E-state index in [0.29, 0.717) is 11.1 Å². The van der Waals surface area contributed by atoms with Gasteiger partial charge in [-0.15, -0.1) is 0 Å². The Hall–Kier alpha value is -3.46. The molecule has 0 radical (unpaired) electrons. The topological polar surface area (TPSA) is 43.4 Å². The molecule has 0 saturated carbocycles. The number of benzene rings is 3. The normalized spacial score (nSPS) is 12.0. The van der Waals surface area contributed by atoms with E-state index in [1.807, 2.05) is 60.7 Å². The molecule has 1 aliphatic rings. The first-order valence-electron chi connectivity index (χ1n) is 7.88. The van der Waals surface area contributed by atoms with E-state index in [0.717, 1.165) is 11.5 Å². The van der Waals surface area contributed by atoms with E-state index in [9.17, 15) is 9.59 Å². The number of allylic oxidation sites excluding steroid dienone is 2. The Morgan fingerprint density at radius 2 is 0.840 bits per heavy atom. The standard InChI is InChI=1S/C12H10O.C10H6O2/c1-3-7-11(8-4-1)13-12-9-5-2-6-10-12;11-9-5-6-10(12)8-4-2-1-3-7(8)9/h1-10H;1-6H. The van der Waals surface area contributed by atoms with Crippen molar-refractivity contribution in [3.63, 3.8) is 0 Å². The van der Waals surface area contributed by atoms with E-state index >= 15 is 0 Å². The Labute approximate surface area is 146 Å². The minimum absolute atomic E-state index is 0.0924. The SMILES string of the molecule is O=C1C=CC(=O)c2ccccc21.c1ccc(Oc2ccccc2)cc1. The van der Waals surface area contributed by atoms with Crippen LogP contribution in [0.2, 0.25) is 0 Å². The lowest BCUT2D eigenvalue weighted by molar-refractivity contribution is 0.0994. The highest BCUT2D eigenvalue weighted by molar-refractivity contribution is 6.21. The molecule has 3 aromatic carbocycles. The Morgan fingerprint density at radius 3 is 1.24 bits per heavy atom. The van der Waals surface area contributed by atoms with Gasteiger partial charge in [-0.3, -0.25) is 9.59 Å². The number of rotatable bonds is 2. The smallest absolute Gasteiger partial charge is 0.186 e. The van der Waals surface area contributed by atoms with Gasteiger partial charge in [-0.1, -0.05) is 60.7 Å². The van der Waals surface area contributed by atoms with E-state index in [1.165, 1.54) is 12.2 Å².